The van der Waals surface area contributed by atoms with Crippen molar-refractivity contribution in [3.05, 3.63) is 120 Å². The Morgan fingerprint density at radius 2 is 1.88 bits per heavy atom. The van der Waals surface area contributed by atoms with Crippen molar-refractivity contribution >= 4 is 50.0 Å². The summed E-state index contributed by atoms with van der Waals surface area (Å²) in [6.07, 6.45) is 1.74. The summed E-state index contributed by atoms with van der Waals surface area (Å²) in [7, 11) is 1.61. The van der Waals surface area contributed by atoms with Crippen LogP contribution in [0.1, 0.15) is 38.1 Å². The number of nitrogens with zero attached hydrogens (tertiary/aromatic N) is 3. The Labute approximate surface area is 261 Å². The number of carbonyl (C=O) groups excluding carboxylic acids is 1. The van der Waals surface area contributed by atoms with Crippen molar-refractivity contribution in [2.45, 2.75) is 26.8 Å². The molecule has 43 heavy (non-hydrogen) atoms. The number of hydrogen-bond donors (Lipinski definition) is 0. The number of benzene rings is 3. The maximum absolute atomic E-state index is 14.3. The summed E-state index contributed by atoms with van der Waals surface area (Å²) in [5.74, 6) is 1.70. The van der Waals surface area contributed by atoms with Gasteiger partial charge in [-0.2, -0.15) is 0 Å². The number of aromatic nitrogens is 1. The second-order valence-corrected chi connectivity index (χ2v) is 12.1. The number of carbonyl (C=O) groups is 1. The zero-order valence-electron chi connectivity index (χ0n) is 24.3. The van der Waals surface area contributed by atoms with Crippen molar-refractivity contribution < 1.29 is 13.9 Å². The largest absolute Gasteiger partial charge is 0.496 e. The van der Waals surface area contributed by atoms with E-state index in [1.165, 1.54) is 11.3 Å². The Morgan fingerprint density at radius 3 is 2.63 bits per heavy atom. The number of thiazole rings is 1. The highest BCUT2D eigenvalue weighted by Crippen LogP contribution is 2.40. The molecule has 0 saturated carbocycles. The van der Waals surface area contributed by atoms with E-state index in [9.17, 15) is 9.59 Å². The molecule has 1 aliphatic rings. The van der Waals surface area contributed by atoms with Crippen LogP contribution in [0.5, 0.6) is 5.75 Å². The molecule has 3 heterocycles. The van der Waals surface area contributed by atoms with Gasteiger partial charge < -0.3 is 14.1 Å². The van der Waals surface area contributed by atoms with E-state index in [-0.39, 0.29) is 11.5 Å². The molecule has 1 aliphatic heterocycles. The zero-order valence-corrected chi connectivity index (χ0v) is 26.7. The normalized spacial score (nSPS) is 15.0. The fourth-order valence-corrected chi connectivity index (χ4v) is 7.07. The number of likely N-dealkylation sites (N-methyl/N-ethyl adjacent to an activating group) is 1. The minimum Gasteiger partial charge on any atom is -0.496 e. The van der Waals surface area contributed by atoms with Gasteiger partial charge in [0.15, 0.2) is 4.80 Å². The van der Waals surface area contributed by atoms with Gasteiger partial charge in [0.1, 0.15) is 23.3 Å². The molecular formula is C34H30BrN3O4S. The summed E-state index contributed by atoms with van der Waals surface area (Å²) in [5.41, 5.74) is 2.48. The van der Waals surface area contributed by atoms with E-state index in [4.69, 9.17) is 14.1 Å². The van der Waals surface area contributed by atoms with Crippen LogP contribution in [-0.4, -0.2) is 35.6 Å². The summed E-state index contributed by atoms with van der Waals surface area (Å²) in [5, 5.41) is 1.89. The average molecular weight is 657 g/mol. The predicted molar refractivity (Wildman–Crippen MR) is 174 cm³/mol. The summed E-state index contributed by atoms with van der Waals surface area (Å²) < 4.78 is 15.1. The number of amides is 1. The number of rotatable bonds is 7. The van der Waals surface area contributed by atoms with Crippen molar-refractivity contribution in [2.75, 3.05) is 20.2 Å². The first-order chi connectivity index (χ1) is 20.8. The maximum Gasteiger partial charge on any atom is 0.271 e. The standard InChI is InChI=1S/C34H30BrN3O4S/c1-5-37(6-2)33(40)29-20(3)36-34-38(31(29)30-25-13-8-7-10-21(25)14-16-27(30)41-4)32(39)28(43-34)19-24-15-17-26(42-24)22-11-9-12-23(35)18-22/h7-19,31H,5-6H2,1-4H3/b28-19+/t31-/m0/s1. The van der Waals surface area contributed by atoms with Gasteiger partial charge in [-0.25, -0.2) is 4.99 Å². The molecule has 0 unspecified atom stereocenters. The second-order valence-electron chi connectivity index (χ2n) is 10.2. The smallest absolute Gasteiger partial charge is 0.271 e. The van der Waals surface area contributed by atoms with Gasteiger partial charge in [0.05, 0.1) is 22.9 Å². The highest BCUT2D eigenvalue weighted by Gasteiger charge is 2.36. The fraction of sp³-hybridized carbons (Fsp3) is 0.206. The lowest BCUT2D eigenvalue weighted by Gasteiger charge is -2.30. The van der Waals surface area contributed by atoms with Crippen LogP contribution in [0.3, 0.4) is 0 Å². The number of allylic oxidation sites excluding steroid dienone is 1. The molecule has 1 amide bonds. The molecule has 1 atom stereocenters. The van der Waals surface area contributed by atoms with Gasteiger partial charge in [-0.15, -0.1) is 0 Å². The molecule has 0 N–H and O–H groups in total. The summed E-state index contributed by atoms with van der Waals surface area (Å²) in [4.78, 5) is 35.5. The number of methoxy groups -OCH3 is 1. The molecule has 0 saturated heterocycles. The van der Waals surface area contributed by atoms with Gasteiger partial charge in [-0.1, -0.05) is 69.7 Å². The van der Waals surface area contributed by atoms with E-state index < -0.39 is 6.04 Å². The molecule has 7 nitrogen and oxygen atoms in total. The van der Waals surface area contributed by atoms with Crippen LogP contribution in [-0.2, 0) is 4.79 Å². The Balaban J connectivity index is 1.58. The van der Waals surface area contributed by atoms with E-state index in [1.807, 2.05) is 93.6 Å². The molecule has 0 aliphatic carbocycles. The van der Waals surface area contributed by atoms with Crippen molar-refractivity contribution in [1.29, 1.82) is 0 Å². The fourth-order valence-electron chi connectivity index (χ4n) is 5.64. The zero-order chi connectivity index (χ0) is 30.2. The van der Waals surface area contributed by atoms with E-state index >= 15 is 0 Å². The molecule has 9 heteroatoms. The molecule has 2 aromatic heterocycles. The van der Waals surface area contributed by atoms with Crippen molar-refractivity contribution in [3.63, 3.8) is 0 Å². The molecule has 5 aromatic rings. The number of halogens is 1. The van der Waals surface area contributed by atoms with Gasteiger partial charge >= 0.3 is 0 Å². The second kappa shape index (κ2) is 11.8. The SMILES string of the molecule is CCN(CC)C(=O)C1=C(C)N=c2s/c(=C/c3ccc(-c4cccc(Br)c4)o3)c(=O)n2[C@@H]1c1c(OC)ccc2ccccc12. The number of hydrogen-bond acceptors (Lipinski definition) is 6. The summed E-state index contributed by atoms with van der Waals surface area (Å²) >= 11 is 4.79. The van der Waals surface area contributed by atoms with Gasteiger partial charge in [-0.05, 0) is 61.9 Å². The third-order valence-electron chi connectivity index (χ3n) is 7.74. The van der Waals surface area contributed by atoms with Crippen LogP contribution in [0.25, 0.3) is 28.2 Å². The molecule has 0 radical (unpaired) electrons. The molecule has 6 rings (SSSR count). The summed E-state index contributed by atoms with van der Waals surface area (Å²) in [6, 6.07) is 22.7. The first-order valence-electron chi connectivity index (χ1n) is 14.1. The molecule has 0 bridgehead atoms. The van der Waals surface area contributed by atoms with Gasteiger partial charge in [-0.3, -0.25) is 14.2 Å². The van der Waals surface area contributed by atoms with Crippen molar-refractivity contribution in [3.8, 4) is 17.1 Å². The highest BCUT2D eigenvalue weighted by molar-refractivity contribution is 9.10. The quantitative estimate of drug-likeness (QED) is 0.207. The third-order valence-corrected chi connectivity index (χ3v) is 9.21. The monoisotopic (exact) mass is 655 g/mol. The highest BCUT2D eigenvalue weighted by atomic mass is 79.9. The van der Waals surface area contributed by atoms with Gasteiger partial charge in [0, 0.05) is 34.8 Å². The summed E-state index contributed by atoms with van der Waals surface area (Å²) in [6.45, 7) is 6.82. The minimum atomic E-state index is -0.735. The van der Waals surface area contributed by atoms with E-state index in [1.54, 1.807) is 22.7 Å². The molecule has 0 fully saturated rings. The first-order valence-corrected chi connectivity index (χ1v) is 15.7. The van der Waals surface area contributed by atoms with Crippen LogP contribution in [0, 0.1) is 0 Å². The van der Waals surface area contributed by atoms with Crippen LogP contribution in [0.4, 0.5) is 0 Å². The van der Waals surface area contributed by atoms with Gasteiger partial charge in [0.2, 0.25) is 0 Å². The molecule has 218 valence electrons. The van der Waals surface area contributed by atoms with Gasteiger partial charge in [0.25, 0.3) is 11.5 Å². The lowest BCUT2D eigenvalue weighted by molar-refractivity contribution is -0.127. The van der Waals surface area contributed by atoms with Crippen LogP contribution >= 0.6 is 27.3 Å². The van der Waals surface area contributed by atoms with Crippen LogP contribution in [0.15, 0.2) is 103 Å². The predicted octanol–water partition coefficient (Wildman–Crippen LogP) is 6.29. The van der Waals surface area contributed by atoms with E-state index in [0.717, 1.165) is 26.4 Å². The number of ether oxygens (including phenoxy) is 1. The molecule has 0 spiro atoms. The van der Waals surface area contributed by atoms with Crippen LogP contribution in [0.2, 0.25) is 0 Å². The first kappa shape index (κ1) is 28.9. The Hall–Kier alpha value is -4.21. The Kier molecular flexibility index (Phi) is 7.94. The minimum absolute atomic E-state index is 0.148. The lowest BCUT2D eigenvalue weighted by Crippen LogP contribution is -2.43. The number of furan rings is 1. The Bertz CT molecular complexity index is 2080. The average Bonchev–Trinajstić information content (AvgIpc) is 3.60. The van der Waals surface area contributed by atoms with Crippen molar-refractivity contribution in [2.24, 2.45) is 4.99 Å². The molecule has 3 aromatic carbocycles. The maximum atomic E-state index is 14.3. The Morgan fingerprint density at radius 1 is 1.09 bits per heavy atom. The van der Waals surface area contributed by atoms with E-state index in [2.05, 4.69) is 15.9 Å². The topological polar surface area (TPSA) is 77.0 Å². The third kappa shape index (κ3) is 5.17. The molecular weight excluding hydrogens is 626 g/mol. The van der Waals surface area contributed by atoms with Crippen molar-refractivity contribution in [1.82, 2.24) is 9.47 Å². The van der Waals surface area contributed by atoms with E-state index in [0.29, 0.717) is 51.0 Å². The number of fused-ring (bicyclic) bond motifs is 2. The lowest BCUT2D eigenvalue weighted by atomic mass is 9.90. The van der Waals surface area contributed by atoms with Crippen LogP contribution < -0.4 is 19.6 Å².